The first-order valence-corrected chi connectivity index (χ1v) is 8.28. The van der Waals surface area contributed by atoms with Gasteiger partial charge in [-0.3, -0.25) is 4.79 Å². The van der Waals surface area contributed by atoms with E-state index >= 15 is 0 Å². The maximum absolute atomic E-state index is 12.5. The molecule has 0 spiro atoms. The molecule has 2 aliphatic rings. The van der Waals surface area contributed by atoms with Crippen molar-refractivity contribution in [3.8, 4) is 5.75 Å². The third-order valence-electron chi connectivity index (χ3n) is 4.91. The molecule has 3 rings (SSSR count). The van der Waals surface area contributed by atoms with Crippen molar-refractivity contribution in [2.24, 2.45) is 11.3 Å². The van der Waals surface area contributed by atoms with E-state index < -0.39 is 0 Å². The molecule has 0 bridgehead atoms. The fraction of sp³-hybridized carbons (Fsp3) is 0.611. The second-order valence-electron chi connectivity index (χ2n) is 6.96. The predicted octanol–water partition coefficient (Wildman–Crippen LogP) is 2.78. The van der Waals surface area contributed by atoms with E-state index in [0.29, 0.717) is 12.5 Å². The Morgan fingerprint density at radius 2 is 1.86 bits per heavy atom. The summed E-state index contributed by atoms with van der Waals surface area (Å²) >= 11 is 0. The second-order valence-corrected chi connectivity index (χ2v) is 6.96. The molecule has 4 heteroatoms. The van der Waals surface area contributed by atoms with E-state index in [9.17, 15) is 4.79 Å². The quantitative estimate of drug-likeness (QED) is 0.857. The Balaban J connectivity index is 1.61. The van der Waals surface area contributed by atoms with E-state index in [1.807, 2.05) is 30.0 Å². The van der Waals surface area contributed by atoms with Crippen molar-refractivity contribution in [3.63, 3.8) is 0 Å². The fourth-order valence-corrected chi connectivity index (χ4v) is 3.27. The summed E-state index contributed by atoms with van der Waals surface area (Å²) < 4.78 is 5.72. The lowest BCUT2D eigenvalue weighted by atomic mass is 10.1. The van der Waals surface area contributed by atoms with Crippen LogP contribution in [0.4, 0.5) is 5.69 Å². The van der Waals surface area contributed by atoms with Gasteiger partial charge in [-0.25, -0.2) is 0 Å². The van der Waals surface area contributed by atoms with E-state index in [1.54, 1.807) is 0 Å². The van der Waals surface area contributed by atoms with Crippen molar-refractivity contribution in [1.82, 2.24) is 4.90 Å². The van der Waals surface area contributed by atoms with Crippen LogP contribution in [-0.4, -0.2) is 43.6 Å². The zero-order valence-corrected chi connectivity index (χ0v) is 13.8. The Hall–Kier alpha value is -1.71. The molecule has 1 aromatic rings. The monoisotopic (exact) mass is 302 g/mol. The lowest BCUT2D eigenvalue weighted by molar-refractivity contribution is -0.133. The van der Waals surface area contributed by atoms with E-state index in [0.717, 1.165) is 44.0 Å². The van der Waals surface area contributed by atoms with Gasteiger partial charge in [0.05, 0.1) is 12.3 Å². The number of hydrogen-bond acceptors (Lipinski definition) is 3. The van der Waals surface area contributed by atoms with Crippen LogP contribution in [0.2, 0.25) is 0 Å². The number of hydrogen-bond donors (Lipinski definition) is 0. The van der Waals surface area contributed by atoms with Gasteiger partial charge >= 0.3 is 0 Å². The SMILES string of the molecule is CCOc1ccccc1N1CCN(C(=O)C2CC2(C)C)CC1. The summed E-state index contributed by atoms with van der Waals surface area (Å²) in [6.45, 7) is 10.4. The molecule has 0 aromatic heterocycles. The van der Waals surface area contributed by atoms with Crippen LogP contribution in [0.3, 0.4) is 0 Å². The van der Waals surface area contributed by atoms with Crippen LogP contribution >= 0.6 is 0 Å². The van der Waals surface area contributed by atoms with Gasteiger partial charge < -0.3 is 14.5 Å². The molecule has 1 aliphatic carbocycles. The first-order valence-electron chi connectivity index (χ1n) is 8.28. The summed E-state index contributed by atoms with van der Waals surface area (Å²) in [7, 11) is 0. The highest BCUT2D eigenvalue weighted by Gasteiger charge is 2.52. The highest BCUT2D eigenvalue weighted by atomic mass is 16.5. The number of para-hydroxylation sites is 2. The minimum absolute atomic E-state index is 0.218. The molecule has 1 aliphatic heterocycles. The van der Waals surface area contributed by atoms with Gasteiger partial charge in [-0.05, 0) is 30.9 Å². The summed E-state index contributed by atoms with van der Waals surface area (Å²) in [4.78, 5) is 16.8. The number of piperazine rings is 1. The third kappa shape index (κ3) is 2.92. The highest BCUT2D eigenvalue weighted by Crippen LogP contribution is 2.52. The number of nitrogens with zero attached hydrogens (tertiary/aromatic N) is 2. The van der Waals surface area contributed by atoms with Crippen LogP contribution in [0.25, 0.3) is 0 Å². The molecule has 120 valence electrons. The molecule has 1 amide bonds. The number of amides is 1. The van der Waals surface area contributed by atoms with Gasteiger partial charge in [0.2, 0.25) is 5.91 Å². The molecule has 1 aromatic carbocycles. The Morgan fingerprint density at radius 3 is 2.45 bits per heavy atom. The maximum atomic E-state index is 12.5. The summed E-state index contributed by atoms with van der Waals surface area (Å²) in [5.41, 5.74) is 1.36. The summed E-state index contributed by atoms with van der Waals surface area (Å²) in [6.07, 6.45) is 1.04. The Labute approximate surface area is 133 Å². The van der Waals surface area contributed by atoms with Crippen molar-refractivity contribution < 1.29 is 9.53 Å². The van der Waals surface area contributed by atoms with Crippen molar-refractivity contribution >= 4 is 11.6 Å². The standard InChI is InChI=1S/C18H26N2O2/c1-4-22-16-8-6-5-7-15(16)19-9-11-20(12-10-19)17(21)14-13-18(14,2)3/h5-8,14H,4,9-13H2,1-3H3. The molecule has 2 fully saturated rings. The first-order chi connectivity index (χ1) is 10.5. The van der Waals surface area contributed by atoms with Crippen LogP contribution in [0.1, 0.15) is 27.2 Å². The van der Waals surface area contributed by atoms with E-state index in [-0.39, 0.29) is 11.3 Å². The molecule has 0 radical (unpaired) electrons. The predicted molar refractivity (Wildman–Crippen MR) is 88.3 cm³/mol. The molecule has 1 unspecified atom stereocenters. The molecular weight excluding hydrogens is 276 g/mol. The Morgan fingerprint density at radius 1 is 1.23 bits per heavy atom. The summed E-state index contributed by atoms with van der Waals surface area (Å²) in [5.74, 6) is 1.53. The van der Waals surface area contributed by atoms with E-state index in [2.05, 4.69) is 24.8 Å². The number of rotatable bonds is 4. The Bertz CT molecular complexity index is 548. The maximum Gasteiger partial charge on any atom is 0.226 e. The topological polar surface area (TPSA) is 32.8 Å². The average molecular weight is 302 g/mol. The molecular formula is C18H26N2O2. The Kier molecular flexibility index (Phi) is 4.02. The summed E-state index contributed by atoms with van der Waals surface area (Å²) in [5, 5.41) is 0. The second kappa shape index (κ2) is 5.82. The van der Waals surface area contributed by atoms with Crippen molar-refractivity contribution in [3.05, 3.63) is 24.3 Å². The van der Waals surface area contributed by atoms with Gasteiger partial charge in [0.15, 0.2) is 0 Å². The normalized spacial score (nSPS) is 23.3. The first kappa shape index (κ1) is 15.2. The van der Waals surface area contributed by atoms with Gasteiger partial charge in [0, 0.05) is 32.1 Å². The molecule has 0 N–H and O–H groups in total. The minimum atomic E-state index is 0.218. The van der Waals surface area contributed by atoms with E-state index in [4.69, 9.17) is 4.74 Å². The number of ether oxygens (including phenoxy) is 1. The zero-order valence-electron chi connectivity index (χ0n) is 13.8. The molecule has 1 atom stereocenters. The van der Waals surface area contributed by atoms with Gasteiger partial charge in [-0.15, -0.1) is 0 Å². The molecule has 1 saturated heterocycles. The van der Waals surface area contributed by atoms with E-state index in [1.165, 1.54) is 0 Å². The van der Waals surface area contributed by atoms with Gasteiger partial charge in [-0.1, -0.05) is 26.0 Å². The number of anilines is 1. The smallest absolute Gasteiger partial charge is 0.226 e. The number of carbonyl (C=O) groups is 1. The molecule has 4 nitrogen and oxygen atoms in total. The molecule has 22 heavy (non-hydrogen) atoms. The molecule has 1 heterocycles. The minimum Gasteiger partial charge on any atom is -0.492 e. The fourth-order valence-electron chi connectivity index (χ4n) is 3.27. The van der Waals surface area contributed by atoms with Crippen molar-refractivity contribution in [2.45, 2.75) is 27.2 Å². The number of carbonyl (C=O) groups excluding carboxylic acids is 1. The average Bonchev–Trinajstić information content (AvgIpc) is 3.16. The van der Waals surface area contributed by atoms with Gasteiger partial charge in [-0.2, -0.15) is 0 Å². The van der Waals surface area contributed by atoms with Crippen LogP contribution in [0.15, 0.2) is 24.3 Å². The zero-order chi connectivity index (χ0) is 15.7. The van der Waals surface area contributed by atoms with Crippen LogP contribution in [0.5, 0.6) is 5.75 Å². The van der Waals surface area contributed by atoms with Crippen LogP contribution in [-0.2, 0) is 4.79 Å². The van der Waals surface area contributed by atoms with Gasteiger partial charge in [0.25, 0.3) is 0 Å². The van der Waals surface area contributed by atoms with Gasteiger partial charge in [0.1, 0.15) is 5.75 Å². The summed E-state index contributed by atoms with van der Waals surface area (Å²) in [6, 6.07) is 8.17. The van der Waals surface area contributed by atoms with Crippen molar-refractivity contribution in [1.29, 1.82) is 0 Å². The van der Waals surface area contributed by atoms with Crippen LogP contribution < -0.4 is 9.64 Å². The lowest BCUT2D eigenvalue weighted by Gasteiger charge is -2.37. The van der Waals surface area contributed by atoms with Crippen molar-refractivity contribution in [2.75, 3.05) is 37.7 Å². The highest BCUT2D eigenvalue weighted by molar-refractivity contribution is 5.82. The lowest BCUT2D eigenvalue weighted by Crippen LogP contribution is -2.49. The number of benzene rings is 1. The third-order valence-corrected chi connectivity index (χ3v) is 4.91. The molecule has 1 saturated carbocycles. The largest absolute Gasteiger partial charge is 0.492 e. The van der Waals surface area contributed by atoms with Crippen LogP contribution in [0, 0.1) is 11.3 Å².